The van der Waals surface area contributed by atoms with Crippen molar-refractivity contribution in [2.45, 2.75) is 6.42 Å². The highest BCUT2D eigenvalue weighted by atomic mass is 35.5. The van der Waals surface area contributed by atoms with Crippen LogP contribution in [-0.2, 0) is 0 Å². The number of nitrogens with one attached hydrogen (secondary N) is 1. The molecular weight excluding hydrogens is 286 g/mol. The van der Waals surface area contributed by atoms with E-state index < -0.39 is 0 Å². The highest BCUT2D eigenvalue weighted by molar-refractivity contribution is 6.49. The van der Waals surface area contributed by atoms with Crippen molar-refractivity contribution in [1.82, 2.24) is 10.2 Å². The van der Waals surface area contributed by atoms with Gasteiger partial charge in [0, 0.05) is 33.5 Å². The summed E-state index contributed by atoms with van der Waals surface area (Å²) >= 11 is 6.08. The summed E-state index contributed by atoms with van der Waals surface area (Å²) in [5, 5.41) is 7.37. The number of allylic oxidation sites excluding steroid dienone is 4. The van der Waals surface area contributed by atoms with E-state index in [1.165, 1.54) is 0 Å². The Morgan fingerprint density at radius 2 is 2.00 bits per heavy atom. The predicted molar refractivity (Wildman–Crippen MR) is 82.4 cm³/mol. The number of rotatable bonds is 1. The number of nitrogens with zero attached hydrogens (tertiary/aromatic N) is 2. The molecule has 0 saturated carbocycles. The number of carbonyl (C=O) groups is 1. The molecule has 1 amide bonds. The Kier molecular flexibility index (Phi) is 2.65. The lowest BCUT2D eigenvalue weighted by Crippen LogP contribution is -2.18. The molecule has 4 nitrogen and oxygen atoms in total. The van der Waals surface area contributed by atoms with Gasteiger partial charge in [0.1, 0.15) is 0 Å². The zero-order chi connectivity index (χ0) is 14.4. The van der Waals surface area contributed by atoms with Crippen LogP contribution in [0.1, 0.15) is 27.9 Å². The maximum Gasteiger partial charge on any atom is 0.278 e. The van der Waals surface area contributed by atoms with Crippen LogP contribution in [0.3, 0.4) is 0 Å². The first kappa shape index (κ1) is 12.3. The van der Waals surface area contributed by atoms with Gasteiger partial charge in [-0.3, -0.25) is 9.89 Å². The molecule has 0 fully saturated rings. The topological polar surface area (TPSA) is 58.1 Å². The summed E-state index contributed by atoms with van der Waals surface area (Å²) in [6, 6.07) is 5.28. The number of hydrogen-bond donors (Lipinski definition) is 1. The van der Waals surface area contributed by atoms with Gasteiger partial charge in [-0.25, -0.2) is 4.99 Å². The second kappa shape index (κ2) is 4.53. The van der Waals surface area contributed by atoms with E-state index in [4.69, 9.17) is 11.6 Å². The second-order valence-electron chi connectivity index (χ2n) is 4.91. The standard InChI is InChI=1S/C16H10ClN3O/c17-10-4-5-13-14(6-10)12-3-1-2-11(9-7-18-19-8-9)15(12)20-16(13)21/h2-8H,1H2,(H,18,19). The number of carbonyl (C=O) groups excluding carboxylic acids is 1. The molecule has 1 aromatic heterocycles. The fourth-order valence-corrected chi connectivity index (χ4v) is 2.90. The molecule has 1 aliphatic carbocycles. The Morgan fingerprint density at radius 3 is 2.81 bits per heavy atom. The van der Waals surface area contributed by atoms with Crippen molar-refractivity contribution < 1.29 is 4.79 Å². The van der Waals surface area contributed by atoms with E-state index in [2.05, 4.69) is 27.3 Å². The number of aromatic nitrogens is 2. The van der Waals surface area contributed by atoms with Crippen molar-refractivity contribution in [3.05, 3.63) is 64.5 Å². The number of aliphatic imine (C=N–C) groups is 1. The van der Waals surface area contributed by atoms with Crippen LogP contribution in [0, 0.1) is 0 Å². The van der Waals surface area contributed by atoms with E-state index in [9.17, 15) is 4.79 Å². The molecule has 1 N–H and O–H groups in total. The molecule has 2 heterocycles. The Labute approximate surface area is 125 Å². The van der Waals surface area contributed by atoms with Crippen LogP contribution in [0.2, 0.25) is 5.02 Å². The van der Waals surface area contributed by atoms with Crippen LogP contribution in [-0.4, -0.2) is 21.8 Å². The highest BCUT2D eigenvalue weighted by Crippen LogP contribution is 2.36. The zero-order valence-corrected chi connectivity index (χ0v) is 11.7. The first-order valence-electron chi connectivity index (χ1n) is 6.57. The summed E-state index contributed by atoms with van der Waals surface area (Å²) in [7, 11) is 0. The summed E-state index contributed by atoms with van der Waals surface area (Å²) in [4.78, 5) is 16.5. The highest BCUT2D eigenvalue weighted by Gasteiger charge is 2.28. The maximum absolute atomic E-state index is 12.3. The third-order valence-corrected chi connectivity index (χ3v) is 3.91. The van der Waals surface area contributed by atoms with E-state index in [0.717, 1.165) is 28.7 Å². The van der Waals surface area contributed by atoms with Crippen molar-refractivity contribution in [2.75, 3.05) is 0 Å². The number of halogens is 1. The van der Waals surface area contributed by atoms with Crippen LogP contribution in [0.15, 0.2) is 47.7 Å². The van der Waals surface area contributed by atoms with E-state index in [1.54, 1.807) is 24.5 Å². The van der Waals surface area contributed by atoms with Crippen molar-refractivity contribution >= 4 is 34.4 Å². The van der Waals surface area contributed by atoms with Crippen molar-refractivity contribution in [1.29, 1.82) is 0 Å². The van der Waals surface area contributed by atoms with Crippen molar-refractivity contribution in [3.8, 4) is 0 Å². The molecule has 102 valence electrons. The van der Waals surface area contributed by atoms with Gasteiger partial charge in [-0.1, -0.05) is 23.8 Å². The summed E-state index contributed by atoms with van der Waals surface area (Å²) in [6.07, 6.45) is 8.44. The lowest BCUT2D eigenvalue weighted by molar-refractivity contribution is 0.100. The molecule has 21 heavy (non-hydrogen) atoms. The molecule has 0 bridgehead atoms. The smallest absolute Gasteiger partial charge is 0.278 e. The number of H-pyrrole nitrogens is 1. The number of aromatic amines is 1. The molecule has 0 atom stereocenters. The molecule has 1 aromatic carbocycles. The second-order valence-corrected chi connectivity index (χ2v) is 5.35. The quantitative estimate of drug-likeness (QED) is 0.875. The summed E-state index contributed by atoms with van der Waals surface area (Å²) in [6.45, 7) is 0. The fraction of sp³-hybridized carbons (Fsp3) is 0.0625. The molecule has 2 aliphatic rings. The third-order valence-electron chi connectivity index (χ3n) is 3.68. The lowest BCUT2D eigenvalue weighted by atomic mass is 9.84. The zero-order valence-electron chi connectivity index (χ0n) is 10.9. The monoisotopic (exact) mass is 295 g/mol. The Morgan fingerprint density at radius 1 is 1.14 bits per heavy atom. The Bertz CT molecular complexity index is 844. The van der Waals surface area contributed by atoms with Gasteiger partial charge >= 0.3 is 0 Å². The molecule has 2 aromatic rings. The molecule has 0 saturated heterocycles. The van der Waals surface area contributed by atoms with Gasteiger partial charge in [0.2, 0.25) is 0 Å². The van der Waals surface area contributed by atoms with Gasteiger partial charge in [0.15, 0.2) is 0 Å². The van der Waals surface area contributed by atoms with Crippen LogP contribution in [0.4, 0.5) is 0 Å². The van der Waals surface area contributed by atoms with Gasteiger partial charge in [-0.05, 0) is 30.2 Å². The van der Waals surface area contributed by atoms with E-state index in [-0.39, 0.29) is 5.91 Å². The first-order valence-corrected chi connectivity index (χ1v) is 6.95. The molecule has 4 rings (SSSR count). The molecular formula is C16H10ClN3O. The first-order chi connectivity index (χ1) is 10.2. The minimum Gasteiger partial charge on any atom is -0.285 e. The van der Waals surface area contributed by atoms with Crippen LogP contribution >= 0.6 is 11.6 Å². The minimum absolute atomic E-state index is 0.231. The van der Waals surface area contributed by atoms with Crippen LogP contribution < -0.4 is 0 Å². The van der Waals surface area contributed by atoms with Crippen molar-refractivity contribution in [3.63, 3.8) is 0 Å². The van der Waals surface area contributed by atoms with Gasteiger partial charge in [-0.15, -0.1) is 0 Å². The average molecular weight is 296 g/mol. The molecule has 0 radical (unpaired) electrons. The summed E-state index contributed by atoms with van der Waals surface area (Å²) < 4.78 is 0. The Hall–Kier alpha value is -2.46. The van der Waals surface area contributed by atoms with Gasteiger partial charge in [0.05, 0.1) is 11.9 Å². The summed E-state index contributed by atoms with van der Waals surface area (Å²) in [5.41, 5.74) is 4.97. The number of hydrogen-bond acceptors (Lipinski definition) is 2. The van der Waals surface area contributed by atoms with E-state index >= 15 is 0 Å². The van der Waals surface area contributed by atoms with Crippen molar-refractivity contribution in [2.24, 2.45) is 4.99 Å². The minimum atomic E-state index is -0.231. The third kappa shape index (κ3) is 1.87. The number of amides is 1. The van der Waals surface area contributed by atoms with Crippen LogP contribution in [0.5, 0.6) is 0 Å². The summed E-state index contributed by atoms with van der Waals surface area (Å²) in [5.74, 6) is -0.231. The Balaban J connectivity index is 1.91. The maximum atomic E-state index is 12.3. The van der Waals surface area contributed by atoms with E-state index in [0.29, 0.717) is 16.3 Å². The number of fused-ring (bicyclic) bond motifs is 3. The molecule has 0 unspecified atom stereocenters. The average Bonchev–Trinajstić information content (AvgIpc) is 3.01. The number of benzene rings is 1. The molecule has 0 spiro atoms. The molecule has 1 aliphatic heterocycles. The SMILES string of the molecule is O=C1N=C2C(c3cn[nH]c3)=CCC=C2c2cc(Cl)ccc21. The van der Waals surface area contributed by atoms with Gasteiger partial charge in [0.25, 0.3) is 5.91 Å². The lowest BCUT2D eigenvalue weighted by Gasteiger charge is -2.23. The molecule has 5 heteroatoms. The predicted octanol–water partition coefficient (Wildman–Crippen LogP) is 3.53. The van der Waals surface area contributed by atoms with E-state index in [1.807, 2.05) is 6.07 Å². The fourth-order valence-electron chi connectivity index (χ4n) is 2.73. The van der Waals surface area contributed by atoms with Gasteiger partial charge < -0.3 is 0 Å². The van der Waals surface area contributed by atoms with Gasteiger partial charge in [-0.2, -0.15) is 5.10 Å². The normalized spacial score (nSPS) is 16.6. The van der Waals surface area contributed by atoms with Crippen LogP contribution in [0.25, 0.3) is 11.1 Å². The largest absolute Gasteiger partial charge is 0.285 e.